The first kappa shape index (κ1) is 18.3. The number of benzene rings is 2. The molecule has 25 heavy (non-hydrogen) atoms. The molecule has 2 aromatic rings. The number of aryl methyl sites for hydroxylation is 1. The fraction of sp³-hybridized carbons (Fsp3) is 0.238. The van der Waals surface area contributed by atoms with Crippen LogP contribution in [0.3, 0.4) is 0 Å². The van der Waals surface area contributed by atoms with Crippen molar-refractivity contribution in [2.24, 2.45) is 0 Å². The van der Waals surface area contributed by atoms with Crippen LogP contribution in [0.15, 0.2) is 54.1 Å². The van der Waals surface area contributed by atoms with Gasteiger partial charge in [-0.05, 0) is 54.3 Å². The average molecular weight is 335 g/mol. The Morgan fingerprint density at radius 2 is 1.68 bits per heavy atom. The molecule has 0 unspecified atom stereocenters. The van der Waals surface area contributed by atoms with E-state index in [1.165, 1.54) is 6.08 Å². The molecule has 0 spiro atoms. The van der Waals surface area contributed by atoms with Crippen molar-refractivity contribution in [3.05, 3.63) is 65.2 Å². The lowest BCUT2D eigenvalue weighted by Gasteiger charge is -2.05. The van der Waals surface area contributed by atoms with Crippen LogP contribution in [0.1, 0.15) is 31.4 Å². The molecule has 0 heterocycles. The summed E-state index contributed by atoms with van der Waals surface area (Å²) < 4.78 is 10.8. The van der Waals surface area contributed by atoms with Gasteiger partial charge in [0.1, 0.15) is 23.1 Å². The monoisotopic (exact) mass is 335 g/mol. The van der Waals surface area contributed by atoms with Crippen molar-refractivity contribution >= 4 is 12.0 Å². The smallest absolute Gasteiger partial charge is 0.354 e. The van der Waals surface area contributed by atoms with Crippen LogP contribution in [0.2, 0.25) is 0 Å². The minimum absolute atomic E-state index is 0.0539. The summed E-state index contributed by atoms with van der Waals surface area (Å²) >= 11 is 0. The third kappa shape index (κ3) is 5.50. The first-order valence-electron chi connectivity index (χ1n) is 8.32. The van der Waals surface area contributed by atoms with Crippen molar-refractivity contribution in [1.82, 2.24) is 0 Å². The number of nitriles is 1. The fourth-order valence-electron chi connectivity index (χ4n) is 2.14. The molecule has 0 aliphatic heterocycles. The third-order valence-electron chi connectivity index (χ3n) is 3.55. The SMILES string of the molecule is CCCOc1ccc(C=C(C#N)C(=O)Oc2ccc(CC)cc2)cc1. The van der Waals surface area contributed by atoms with Crippen molar-refractivity contribution in [3.8, 4) is 17.6 Å². The Bertz CT molecular complexity index is 768. The standard InChI is InChI=1S/C21H21NO3/c1-3-13-24-19-9-7-17(8-10-19)14-18(15-22)21(23)25-20-11-5-16(4-2)6-12-20/h5-12,14H,3-4,13H2,1-2H3. The van der Waals surface area contributed by atoms with Crippen LogP contribution in [-0.2, 0) is 11.2 Å². The molecular formula is C21H21NO3. The first-order chi connectivity index (χ1) is 12.2. The molecule has 0 saturated heterocycles. The van der Waals surface area contributed by atoms with Crippen molar-refractivity contribution in [1.29, 1.82) is 5.26 Å². The van der Waals surface area contributed by atoms with Crippen LogP contribution in [0.25, 0.3) is 6.08 Å². The highest BCUT2D eigenvalue weighted by Crippen LogP contribution is 2.17. The predicted molar refractivity (Wildman–Crippen MR) is 97.3 cm³/mol. The maximum absolute atomic E-state index is 12.2. The van der Waals surface area contributed by atoms with Crippen molar-refractivity contribution in [2.75, 3.05) is 6.61 Å². The van der Waals surface area contributed by atoms with Gasteiger partial charge in [0.05, 0.1) is 6.61 Å². The van der Waals surface area contributed by atoms with Gasteiger partial charge in [-0.1, -0.05) is 38.1 Å². The number of carbonyl (C=O) groups is 1. The summed E-state index contributed by atoms with van der Waals surface area (Å²) in [5.74, 6) is 0.515. The highest BCUT2D eigenvalue weighted by atomic mass is 16.5. The molecule has 0 N–H and O–H groups in total. The maximum atomic E-state index is 12.2. The zero-order valence-electron chi connectivity index (χ0n) is 14.5. The molecule has 0 saturated carbocycles. The molecule has 0 bridgehead atoms. The van der Waals surface area contributed by atoms with Gasteiger partial charge < -0.3 is 9.47 Å². The molecule has 4 nitrogen and oxygen atoms in total. The van der Waals surface area contributed by atoms with E-state index < -0.39 is 5.97 Å². The zero-order valence-corrected chi connectivity index (χ0v) is 14.5. The Kier molecular flexibility index (Phi) is 6.79. The molecular weight excluding hydrogens is 314 g/mol. The van der Waals surface area contributed by atoms with Crippen LogP contribution in [0.5, 0.6) is 11.5 Å². The lowest BCUT2D eigenvalue weighted by atomic mass is 10.1. The lowest BCUT2D eigenvalue weighted by Crippen LogP contribution is -2.10. The van der Waals surface area contributed by atoms with E-state index in [9.17, 15) is 10.1 Å². The van der Waals surface area contributed by atoms with Gasteiger partial charge in [0.15, 0.2) is 0 Å². The van der Waals surface area contributed by atoms with E-state index in [0.29, 0.717) is 12.4 Å². The predicted octanol–water partition coefficient (Wildman–Crippen LogP) is 4.55. The summed E-state index contributed by atoms with van der Waals surface area (Å²) in [6, 6.07) is 16.4. The molecule has 0 aromatic heterocycles. The van der Waals surface area contributed by atoms with E-state index in [1.807, 2.05) is 37.3 Å². The van der Waals surface area contributed by atoms with Gasteiger partial charge in [0, 0.05) is 0 Å². The summed E-state index contributed by atoms with van der Waals surface area (Å²) in [5.41, 5.74) is 1.83. The number of rotatable bonds is 7. The molecule has 4 heteroatoms. The van der Waals surface area contributed by atoms with Crippen LogP contribution >= 0.6 is 0 Å². The zero-order chi connectivity index (χ0) is 18.1. The lowest BCUT2D eigenvalue weighted by molar-refractivity contribution is -0.129. The Morgan fingerprint density at radius 1 is 1.04 bits per heavy atom. The van der Waals surface area contributed by atoms with E-state index in [-0.39, 0.29) is 5.57 Å². The van der Waals surface area contributed by atoms with Gasteiger partial charge in [0.25, 0.3) is 0 Å². The summed E-state index contributed by atoms with van der Waals surface area (Å²) in [7, 11) is 0. The number of hydrogen-bond acceptors (Lipinski definition) is 4. The quantitative estimate of drug-likeness (QED) is 0.322. The second kappa shape index (κ2) is 9.29. The molecule has 128 valence electrons. The molecule has 0 aliphatic carbocycles. The van der Waals surface area contributed by atoms with Gasteiger partial charge in [-0.15, -0.1) is 0 Å². The second-order valence-electron chi connectivity index (χ2n) is 5.47. The first-order valence-corrected chi connectivity index (χ1v) is 8.32. The highest BCUT2D eigenvalue weighted by molar-refractivity contribution is 5.99. The second-order valence-corrected chi connectivity index (χ2v) is 5.47. The summed E-state index contributed by atoms with van der Waals surface area (Å²) in [4.78, 5) is 12.2. The van der Waals surface area contributed by atoms with Crippen LogP contribution < -0.4 is 9.47 Å². The van der Waals surface area contributed by atoms with Gasteiger partial charge in [-0.3, -0.25) is 0 Å². The van der Waals surface area contributed by atoms with Crippen LogP contribution in [-0.4, -0.2) is 12.6 Å². The number of carbonyl (C=O) groups excluding carboxylic acids is 1. The van der Waals surface area contributed by atoms with E-state index in [4.69, 9.17) is 9.47 Å². The molecule has 2 aromatic carbocycles. The fourth-order valence-corrected chi connectivity index (χ4v) is 2.14. The van der Waals surface area contributed by atoms with Crippen LogP contribution in [0.4, 0.5) is 0 Å². The van der Waals surface area contributed by atoms with Crippen molar-refractivity contribution in [3.63, 3.8) is 0 Å². The van der Waals surface area contributed by atoms with E-state index in [2.05, 4.69) is 6.92 Å². The molecule has 0 fully saturated rings. The average Bonchev–Trinajstić information content (AvgIpc) is 2.65. The van der Waals surface area contributed by atoms with Gasteiger partial charge in [-0.25, -0.2) is 4.79 Å². The van der Waals surface area contributed by atoms with Crippen molar-refractivity contribution < 1.29 is 14.3 Å². The Morgan fingerprint density at radius 3 is 2.24 bits per heavy atom. The minimum Gasteiger partial charge on any atom is -0.494 e. The van der Waals surface area contributed by atoms with Gasteiger partial charge in [-0.2, -0.15) is 5.26 Å². The van der Waals surface area contributed by atoms with Gasteiger partial charge in [0.2, 0.25) is 0 Å². The molecule has 0 radical (unpaired) electrons. The van der Waals surface area contributed by atoms with E-state index in [0.717, 1.165) is 29.7 Å². The molecule has 0 aliphatic rings. The van der Waals surface area contributed by atoms with Gasteiger partial charge >= 0.3 is 5.97 Å². The highest BCUT2D eigenvalue weighted by Gasteiger charge is 2.12. The summed E-state index contributed by atoms with van der Waals surface area (Å²) in [6.45, 7) is 4.75. The van der Waals surface area contributed by atoms with E-state index in [1.54, 1.807) is 24.3 Å². The maximum Gasteiger partial charge on any atom is 0.354 e. The molecule has 2 rings (SSSR count). The Hall–Kier alpha value is -3.06. The molecule has 0 amide bonds. The van der Waals surface area contributed by atoms with Crippen molar-refractivity contribution in [2.45, 2.75) is 26.7 Å². The number of ether oxygens (including phenoxy) is 2. The Labute approximate surface area is 148 Å². The summed E-state index contributed by atoms with van der Waals surface area (Å²) in [6.07, 6.45) is 3.35. The molecule has 0 atom stereocenters. The number of esters is 1. The van der Waals surface area contributed by atoms with Crippen LogP contribution in [0, 0.1) is 11.3 Å². The largest absolute Gasteiger partial charge is 0.494 e. The van der Waals surface area contributed by atoms with E-state index >= 15 is 0 Å². The number of nitrogens with zero attached hydrogens (tertiary/aromatic N) is 1. The normalized spacial score (nSPS) is 10.8. The number of hydrogen-bond donors (Lipinski definition) is 0. The third-order valence-corrected chi connectivity index (χ3v) is 3.55. The summed E-state index contributed by atoms with van der Waals surface area (Å²) in [5, 5.41) is 9.24. The topological polar surface area (TPSA) is 59.3 Å². The minimum atomic E-state index is -0.668. The Balaban J connectivity index is 2.07.